The minimum absolute atomic E-state index is 0.131. The first kappa shape index (κ1) is 14.4. The Kier molecular flexibility index (Phi) is 3.75. The second kappa shape index (κ2) is 5.71. The summed E-state index contributed by atoms with van der Waals surface area (Å²) in [5.41, 5.74) is 2.27. The molecule has 2 heterocycles. The van der Waals surface area contributed by atoms with Crippen molar-refractivity contribution in [2.24, 2.45) is 0 Å². The van der Waals surface area contributed by atoms with Crippen LogP contribution in [0.15, 0.2) is 24.3 Å². The molecule has 0 radical (unpaired) electrons. The van der Waals surface area contributed by atoms with E-state index in [-0.39, 0.29) is 17.6 Å². The van der Waals surface area contributed by atoms with Gasteiger partial charge in [-0.2, -0.15) is 0 Å². The van der Waals surface area contributed by atoms with E-state index >= 15 is 0 Å². The number of imide groups is 1. The fraction of sp³-hybridized carbons (Fsp3) is 0.312. The smallest absolute Gasteiger partial charge is 0.229 e. The minimum atomic E-state index is -0.328. The van der Waals surface area contributed by atoms with Gasteiger partial charge >= 0.3 is 0 Å². The second-order valence-corrected chi connectivity index (χ2v) is 5.34. The van der Waals surface area contributed by atoms with Crippen molar-refractivity contribution in [2.75, 3.05) is 18.4 Å². The van der Waals surface area contributed by atoms with Gasteiger partial charge in [-0.3, -0.25) is 19.5 Å². The van der Waals surface area contributed by atoms with Gasteiger partial charge in [0.25, 0.3) is 0 Å². The zero-order valence-electron chi connectivity index (χ0n) is 12.2. The molecule has 0 unspecified atom stereocenters. The molecule has 0 atom stereocenters. The summed E-state index contributed by atoms with van der Waals surface area (Å²) in [6.07, 6.45) is 0.586. The van der Waals surface area contributed by atoms with Crippen molar-refractivity contribution in [2.45, 2.75) is 19.8 Å². The Balaban J connectivity index is 1.77. The van der Waals surface area contributed by atoms with E-state index in [0.717, 1.165) is 11.4 Å². The molecule has 1 aromatic heterocycles. The number of rotatable bonds is 4. The number of nitrogens with zero attached hydrogens (tertiary/aromatic N) is 2. The molecule has 114 valence electrons. The van der Waals surface area contributed by atoms with Crippen LogP contribution in [0.3, 0.4) is 0 Å². The first-order chi connectivity index (χ1) is 10.5. The van der Waals surface area contributed by atoms with E-state index in [4.69, 9.17) is 0 Å². The highest BCUT2D eigenvalue weighted by atomic mass is 19.1. The van der Waals surface area contributed by atoms with E-state index in [1.807, 2.05) is 13.0 Å². The van der Waals surface area contributed by atoms with Crippen LogP contribution in [0, 0.1) is 12.7 Å². The summed E-state index contributed by atoms with van der Waals surface area (Å²) in [7, 11) is 0. The molecule has 1 aliphatic rings. The van der Waals surface area contributed by atoms with E-state index in [1.165, 1.54) is 17.0 Å². The van der Waals surface area contributed by atoms with Gasteiger partial charge in [0.1, 0.15) is 5.82 Å². The quantitative estimate of drug-likeness (QED) is 0.880. The number of pyridine rings is 1. The van der Waals surface area contributed by atoms with Gasteiger partial charge < -0.3 is 5.32 Å². The number of hydrogen-bond acceptors (Lipinski definition) is 4. The number of carbonyl (C=O) groups excluding carboxylic acids is 2. The number of anilines is 1. The maximum absolute atomic E-state index is 13.4. The summed E-state index contributed by atoms with van der Waals surface area (Å²) in [5, 5.41) is 3.86. The molecule has 0 spiro atoms. The molecule has 1 saturated heterocycles. The topological polar surface area (TPSA) is 62.3 Å². The van der Waals surface area contributed by atoms with E-state index in [2.05, 4.69) is 10.3 Å². The van der Waals surface area contributed by atoms with Gasteiger partial charge in [0, 0.05) is 42.7 Å². The lowest BCUT2D eigenvalue weighted by atomic mass is 10.1. The van der Waals surface area contributed by atoms with Crippen molar-refractivity contribution in [3.63, 3.8) is 0 Å². The average molecular weight is 301 g/mol. The van der Waals surface area contributed by atoms with E-state index in [1.54, 1.807) is 6.07 Å². The summed E-state index contributed by atoms with van der Waals surface area (Å²) in [6.45, 7) is 2.60. The number of likely N-dealkylation sites (tertiary alicyclic amines) is 1. The van der Waals surface area contributed by atoms with Crippen LogP contribution >= 0.6 is 0 Å². The van der Waals surface area contributed by atoms with Crippen molar-refractivity contribution >= 4 is 28.4 Å². The van der Waals surface area contributed by atoms with Crippen LogP contribution in [0.5, 0.6) is 0 Å². The largest absolute Gasteiger partial charge is 0.383 e. The van der Waals surface area contributed by atoms with Crippen molar-refractivity contribution in [3.05, 3.63) is 35.8 Å². The third kappa shape index (κ3) is 2.77. The molecule has 0 bridgehead atoms. The number of benzene rings is 1. The van der Waals surface area contributed by atoms with Gasteiger partial charge in [0.2, 0.25) is 11.8 Å². The molecule has 0 saturated carbocycles. The number of nitrogens with one attached hydrogen (secondary N) is 1. The maximum Gasteiger partial charge on any atom is 0.229 e. The molecular weight excluding hydrogens is 285 g/mol. The molecule has 1 aromatic carbocycles. The van der Waals surface area contributed by atoms with E-state index in [9.17, 15) is 14.0 Å². The van der Waals surface area contributed by atoms with Gasteiger partial charge in [0.15, 0.2) is 0 Å². The van der Waals surface area contributed by atoms with Crippen LogP contribution in [0.4, 0.5) is 10.1 Å². The van der Waals surface area contributed by atoms with Gasteiger partial charge in [0.05, 0.1) is 5.52 Å². The van der Waals surface area contributed by atoms with Gasteiger partial charge in [-0.1, -0.05) is 0 Å². The Hall–Kier alpha value is -2.50. The standard InChI is InChI=1S/C16H16FN3O2/c1-10-8-14(12-9-11(17)2-3-13(12)19-10)18-6-7-20-15(21)4-5-16(20)22/h2-3,8-9H,4-7H2,1H3,(H,18,19). The molecule has 6 heteroatoms. The fourth-order valence-electron chi connectivity index (χ4n) is 2.65. The summed E-state index contributed by atoms with van der Waals surface area (Å²) < 4.78 is 13.4. The number of aromatic nitrogens is 1. The summed E-state index contributed by atoms with van der Waals surface area (Å²) in [5.74, 6) is -0.590. The molecule has 1 aliphatic heterocycles. The number of aryl methyl sites for hydroxylation is 1. The molecule has 3 rings (SSSR count). The molecule has 5 nitrogen and oxygen atoms in total. The lowest BCUT2D eigenvalue weighted by molar-refractivity contribution is -0.138. The Labute approximate surface area is 127 Å². The summed E-state index contributed by atoms with van der Waals surface area (Å²) >= 11 is 0. The van der Waals surface area contributed by atoms with E-state index < -0.39 is 0 Å². The molecule has 22 heavy (non-hydrogen) atoms. The number of amides is 2. The third-order valence-corrected chi connectivity index (χ3v) is 3.70. The Morgan fingerprint density at radius 3 is 2.68 bits per heavy atom. The minimum Gasteiger partial charge on any atom is -0.383 e. The highest BCUT2D eigenvalue weighted by molar-refractivity contribution is 6.02. The number of carbonyl (C=O) groups is 2. The molecule has 1 N–H and O–H groups in total. The first-order valence-corrected chi connectivity index (χ1v) is 7.18. The van der Waals surface area contributed by atoms with Crippen LogP contribution < -0.4 is 5.32 Å². The van der Waals surface area contributed by atoms with Crippen LogP contribution in [0.1, 0.15) is 18.5 Å². The van der Waals surface area contributed by atoms with Crippen LogP contribution in [-0.4, -0.2) is 34.8 Å². The predicted molar refractivity (Wildman–Crippen MR) is 80.9 cm³/mol. The fourth-order valence-corrected chi connectivity index (χ4v) is 2.65. The lowest BCUT2D eigenvalue weighted by Gasteiger charge is -2.16. The molecule has 1 fully saturated rings. The van der Waals surface area contributed by atoms with Crippen molar-refractivity contribution in [3.8, 4) is 0 Å². The predicted octanol–water partition coefficient (Wildman–Crippen LogP) is 2.24. The lowest BCUT2D eigenvalue weighted by Crippen LogP contribution is -2.33. The van der Waals surface area contributed by atoms with Gasteiger partial charge in [-0.25, -0.2) is 4.39 Å². The molecule has 0 aliphatic carbocycles. The highest BCUT2D eigenvalue weighted by Gasteiger charge is 2.28. The van der Waals surface area contributed by atoms with Gasteiger partial charge in [-0.15, -0.1) is 0 Å². The Bertz CT molecular complexity index is 744. The van der Waals surface area contributed by atoms with Gasteiger partial charge in [-0.05, 0) is 31.2 Å². The van der Waals surface area contributed by atoms with Crippen molar-refractivity contribution in [1.82, 2.24) is 9.88 Å². The monoisotopic (exact) mass is 301 g/mol. The first-order valence-electron chi connectivity index (χ1n) is 7.18. The molecule has 2 aromatic rings. The number of hydrogen-bond donors (Lipinski definition) is 1. The number of fused-ring (bicyclic) bond motifs is 1. The van der Waals surface area contributed by atoms with Crippen molar-refractivity contribution in [1.29, 1.82) is 0 Å². The SMILES string of the molecule is Cc1cc(NCCN2C(=O)CCC2=O)c2cc(F)ccc2n1. The Morgan fingerprint density at radius 1 is 1.23 bits per heavy atom. The zero-order chi connectivity index (χ0) is 15.7. The van der Waals surface area contributed by atoms with E-state index in [0.29, 0.717) is 36.8 Å². The maximum atomic E-state index is 13.4. The summed E-state index contributed by atoms with van der Waals surface area (Å²) in [6, 6.07) is 6.27. The summed E-state index contributed by atoms with van der Waals surface area (Å²) in [4.78, 5) is 28.7. The highest BCUT2D eigenvalue weighted by Crippen LogP contribution is 2.24. The van der Waals surface area contributed by atoms with Crippen LogP contribution in [-0.2, 0) is 9.59 Å². The average Bonchev–Trinajstić information content (AvgIpc) is 2.79. The van der Waals surface area contributed by atoms with Crippen molar-refractivity contribution < 1.29 is 14.0 Å². The van der Waals surface area contributed by atoms with Crippen LogP contribution in [0.25, 0.3) is 10.9 Å². The zero-order valence-corrected chi connectivity index (χ0v) is 12.2. The number of halogens is 1. The molecular formula is C16H16FN3O2. The normalized spacial score (nSPS) is 14.9. The molecule has 2 amide bonds. The van der Waals surface area contributed by atoms with Crippen LogP contribution in [0.2, 0.25) is 0 Å². The third-order valence-electron chi connectivity index (χ3n) is 3.70. The second-order valence-electron chi connectivity index (χ2n) is 5.34. The Morgan fingerprint density at radius 2 is 1.95 bits per heavy atom.